The molecule has 9 heteroatoms. The van der Waals surface area contributed by atoms with Gasteiger partial charge < -0.3 is 35.3 Å². The Morgan fingerprint density at radius 1 is 0.842 bits per heavy atom. The average Bonchev–Trinajstić information content (AvgIpc) is 2.92. The second-order valence-corrected chi connectivity index (χ2v) is 10.3. The van der Waals surface area contributed by atoms with E-state index in [1.165, 1.54) is 0 Å². The van der Waals surface area contributed by atoms with E-state index in [-0.39, 0.29) is 0 Å². The van der Waals surface area contributed by atoms with E-state index in [4.69, 9.17) is 24.7 Å². The van der Waals surface area contributed by atoms with Crippen LogP contribution < -0.4 is 16.4 Å². The minimum atomic E-state index is 0.337. The lowest BCUT2D eigenvalue weighted by molar-refractivity contribution is -0.0349. The van der Waals surface area contributed by atoms with Gasteiger partial charge >= 0.3 is 0 Å². The second kappa shape index (κ2) is 31.2. The van der Waals surface area contributed by atoms with Crippen LogP contribution in [-0.4, -0.2) is 135 Å². The van der Waals surface area contributed by atoms with E-state index in [9.17, 15) is 0 Å². The molecule has 2 saturated heterocycles. The molecular weight excluding hydrogens is 482 g/mol. The Morgan fingerprint density at radius 3 is 1.95 bits per heavy atom. The topological polar surface area (TPSA) is 93.5 Å². The van der Waals surface area contributed by atoms with Crippen molar-refractivity contribution in [3.05, 3.63) is 0 Å². The van der Waals surface area contributed by atoms with Gasteiger partial charge in [0.25, 0.3) is 0 Å². The summed E-state index contributed by atoms with van der Waals surface area (Å²) >= 11 is 0. The van der Waals surface area contributed by atoms with Gasteiger partial charge in [-0.1, -0.05) is 48.5 Å². The summed E-state index contributed by atoms with van der Waals surface area (Å²) in [6.45, 7) is 30.7. The lowest BCUT2D eigenvalue weighted by atomic mass is 10.2. The number of hydrogen-bond acceptors (Lipinski definition) is 9. The fourth-order valence-electron chi connectivity index (χ4n) is 3.69. The molecular formula is C29H67N5O4. The Morgan fingerprint density at radius 2 is 1.42 bits per heavy atom. The molecule has 2 heterocycles. The van der Waals surface area contributed by atoms with Crippen LogP contribution in [0.15, 0.2) is 0 Å². The van der Waals surface area contributed by atoms with Crippen LogP contribution in [0, 0.1) is 11.8 Å². The molecule has 1 unspecified atom stereocenters. The van der Waals surface area contributed by atoms with Crippen molar-refractivity contribution >= 4 is 0 Å². The molecule has 38 heavy (non-hydrogen) atoms. The van der Waals surface area contributed by atoms with Gasteiger partial charge in [-0.2, -0.15) is 0 Å². The van der Waals surface area contributed by atoms with Crippen molar-refractivity contribution in [1.82, 2.24) is 20.4 Å². The summed E-state index contributed by atoms with van der Waals surface area (Å²) in [5.74, 6) is 1.49. The standard InChI is InChI=1S/C14H30N2O2.C8H18N2O2.C5H13N.C2H6/c1-4-7-17-8-5-16-6-9-18-14(12-16)11-15-10-13(2)3;9-1-5-11-6-2-10-3-7-12-8-4-10;1-5(2)4-6-3;1-2/h13-15H,4-12H2,1-3H3;1-9H2;5-6H,4H2,1-3H3;1-2H3. The first kappa shape index (κ1) is 39.8. The molecule has 2 fully saturated rings. The summed E-state index contributed by atoms with van der Waals surface area (Å²) < 4.78 is 21.8. The van der Waals surface area contributed by atoms with Crippen LogP contribution in [-0.2, 0) is 18.9 Å². The highest BCUT2D eigenvalue weighted by molar-refractivity contribution is 4.73. The van der Waals surface area contributed by atoms with Crippen molar-refractivity contribution in [2.75, 3.05) is 119 Å². The predicted molar refractivity (Wildman–Crippen MR) is 162 cm³/mol. The van der Waals surface area contributed by atoms with Crippen molar-refractivity contribution < 1.29 is 18.9 Å². The smallest absolute Gasteiger partial charge is 0.0826 e. The first-order valence-corrected chi connectivity index (χ1v) is 15.3. The number of ether oxygens (including phenoxy) is 4. The van der Waals surface area contributed by atoms with Crippen molar-refractivity contribution in [2.45, 2.75) is 61.0 Å². The second-order valence-electron chi connectivity index (χ2n) is 10.3. The highest BCUT2D eigenvalue weighted by Gasteiger charge is 2.19. The molecule has 0 bridgehead atoms. The largest absolute Gasteiger partial charge is 0.380 e. The Balaban J connectivity index is 0. The molecule has 0 amide bonds. The number of rotatable bonds is 16. The number of nitrogens with two attached hydrogens (primary N) is 1. The highest BCUT2D eigenvalue weighted by atomic mass is 16.5. The Hall–Kier alpha value is -0.360. The molecule has 0 spiro atoms. The molecule has 2 aliphatic rings. The number of morpholine rings is 2. The maximum absolute atomic E-state index is 5.77. The number of nitrogens with zero attached hydrogens (tertiary/aromatic N) is 2. The monoisotopic (exact) mass is 550 g/mol. The van der Waals surface area contributed by atoms with E-state index >= 15 is 0 Å². The van der Waals surface area contributed by atoms with Gasteiger partial charge in [0.2, 0.25) is 0 Å². The maximum atomic E-state index is 5.77. The van der Waals surface area contributed by atoms with Gasteiger partial charge in [-0.15, -0.1) is 0 Å². The Bertz CT molecular complexity index is 441. The van der Waals surface area contributed by atoms with Gasteiger partial charge in [0.1, 0.15) is 0 Å². The minimum absolute atomic E-state index is 0.337. The van der Waals surface area contributed by atoms with Crippen LogP contribution >= 0.6 is 0 Å². The molecule has 0 saturated carbocycles. The van der Waals surface area contributed by atoms with Crippen LogP contribution in [0.1, 0.15) is 54.9 Å². The SMILES string of the molecule is CC.CCCOCCN1CCOC(CNCC(C)C)C1.CNCC(C)C.NCCOCCN1CCOCC1. The molecule has 232 valence electrons. The summed E-state index contributed by atoms with van der Waals surface area (Å²) in [5.41, 5.74) is 5.29. The maximum Gasteiger partial charge on any atom is 0.0826 e. The zero-order chi connectivity index (χ0) is 28.9. The fourth-order valence-corrected chi connectivity index (χ4v) is 3.69. The predicted octanol–water partition coefficient (Wildman–Crippen LogP) is 2.54. The molecule has 0 radical (unpaired) electrons. The molecule has 0 aromatic carbocycles. The van der Waals surface area contributed by atoms with Crippen molar-refractivity contribution in [2.24, 2.45) is 17.6 Å². The van der Waals surface area contributed by atoms with Gasteiger partial charge in [-0.3, -0.25) is 9.80 Å². The van der Waals surface area contributed by atoms with Gasteiger partial charge in [-0.25, -0.2) is 0 Å². The van der Waals surface area contributed by atoms with Crippen molar-refractivity contribution in [3.63, 3.8) is 0 Å². The zero-order valence-corrected chi connectivity index (χ0v) is 26.6. The molecule has 9 nitrogen and oxygen atoms in total. The third-order valence-corrected chi connectivity index (χ3v) is 5.58. The molecule has 0 aliphatic carbocycles. The van der Waals surface area contributed by atoms with Crippen LogP contribution in [0.5, 0.6) is 0 Å². The van der Waals surface area contributed by atoms with Crippen LogP contribution in [0.3, 0.4) is 0 Å². The molecule has 2 aliphatic heterocycles. The van der Waals surface area contributed by atoms with Crippen LogP contribution in [0.25, 0.3) is 0 Å². The molecule has 4 N–H and O–H groups in total. The van der Waals surface area contributed by atoms with E-state index in [0.29, 0.717) is 25.2 Å². The third-order valence-electron chi connectivity index (χ3n) is 5.58. The first-order valence-electron chi connectivity index (χ1n) is 15.3. The average molecular weight is 550 g/mol. The first-order chi connectivity index (χ1) is 18.4. The quantitative estimate of drug-likeness (QED) is 0.251. The van der Waals surface area contributed by atoms with E-state index in [1.54, 1.807) is 0 Å². The summed E-state index contributed by atoms with van der Waals surface area (Å²) in [5, 5.41) is 6.54. The van der Waals surface area contributed by atoms with Gasteiger partial charge in [-0.05, 0) is 38.4 Å². The van der Waals surface area contributed by atoms with E-state index in [2.05, 4.69) is 55.1 Å². The summed E-state index contributed by atoms with van der Waals surface area (Å²) in [6, 6.07) is 0. The Labute approximate surface area is 236 Å². The van der Waals surface area contributed by atoms with Gasteiger partial charge in [0.15, 0.2) is 0 Å². The van der Waals surface area contributed by atoms with Gasteiger partial charge in [0, 0.05) is 59.0 Å². The Kier molecular flexibility index (Phi) is 32.6. The molecule has 0 aromatic rings. The normalized spacial score (nSPS) is 18.2. The van der Waals surface area contributed by atoms with E-state index in [1.807, 2.05) is 20.9 Å². The highest BCUT2D eigenvalue weighted by Crippen LogP contribution is 2.04. The summed E-state index contributed by atoms with van der Waals surface area (Å²) in [7, 11) is 1.97. The summed E-state index contributed by atoms with van der Waals surface area (Å²) in [4.78, 5) is 4.79. The van der Waals surface area contributed by atoms with E-state index in [0.717, 1.165) is 111 Å². The molecule has 2 rings (SSSR count). The summed E-state index contributed by atoms with van der Waals surface area (Å²) in [6.07, 6.45) is 1.44. The van der Waals surface area contributed by atoms with E-state index < -0.39 is 0 Å². The van der Waals surface area contributed by atoms with Crippen LogP contribution in [0.2, 0.25) is 0 Å². The number of nitrogens with one attached hydrogen (secondary N) is 2. The number of hydrogen-bond donors (Lipinski definition) is 3. The molecule has 0 aromatic heterocycles. The van der Waals surface area contributed by atoms with Crippen LogP contribution in [0.4, 0.5) is 0 Å². The minimum Gasteiger partial charge on any atom is -0.380 e. The van der Waals surface area contributed by atoms with Gasteiger partial charge in [0.05, 0.1) is 45.7 Å². The lowest BCUT2D eigenvalue weighted by Gasteiger charge is -2.33. The fraction of sp³-hybridized carbons (Fsp3) is 1.00. The van der Waals surface area contributed by atoms with Crippen molar-refractivity contribution in [3.8, 4) is 0 Å². The molecule has 1 atom stereocenters. The zero-order valence-electron chi connectivity index (χ0n) is 26.6. The lowest BCUT2D eigenvalue weighted by Crippen LogP contribution is -2.47. The third kappa shape index (κ3) is 28.6. The van der Waals surface area contributed by atoms with Crippen molar-refractivity contribution in [1.29, 1.82) is 0 Å².